The molecule has 2 aromatic heterocycles. The van der Waals surface area contributed by atoms with E-state index in [1.807, 2.05) is 17.7 Å². The number of imidazole rings is 1. The quantitative estimate of drug-likeness (QED) is 0.404. The van der Waals surface area contributed by atoms with Crippen LogP contribution in [0.1, 0.15) is 63.4 Å². The summed E-state index contributed by atoms with van der Waals surface area (Å²) < 4.78 is 29.6. The van der Waals surface area contributed by atoms with E-state index < -0.39 is 5.92 Å². The molecule has 2 fully saturated rings. The smallest absolute Gasteiger partial charge is 0.248 e. The number of nitrogens with one attached hydrogen (secondary N) is 4. The fraction of sp³-hybridized carbons (Fsp3) is 0.583. The van der Waals surface area contributed by atoms with Crippen LogP contribution in [0.25, 0.3) is 5.70 Å². The van der Waals surface area contributed by atoms with Crippen LogP contribution in [0.15, 0.2) is 30.0 Å². The molecule has 0 aromatic carbocycles. The zero-order chi connectivity index (χ0) is 24.3. The first-order chi connectivity index (χ1) is 16.3. The first kappa shape index (κ1) is 24.3. The average Bonchev–Trinajstić information content (AvgIpc) is 3.57. The maximum absolute atomic E-state index is 13.9. The molecule has 34 heavy (non-hydrogen) atoms. The van der Waals surface area contributed by atoms with Gasteiger partial charge < -0.3 is 21.0 Å². The van der Waals surface area contributed by atoms with Gasteiger partial charge in [0.1, 0.15) is 0 Å². The van der Waals surface area contributed by atoms with Crippen molar-refractivity contribution >= 4 is 23.1 Å². The Labute approximate surface area is 198 Å². The van der Waals surface area contributed by atoms with Gasteiger partial charge in [0.05, 0.1) is 40.7 Å². The Morgan fingerprint density at radius 3 is 2.79 bits per heavy atom. The summed E-state index contributed by atoms with van der Waals surface area (Å²) in [5, 5.41) is 19.3. The van der Waals surface area contributed by atoms with Gasteiger partial charge in [-0.3, -0.25) is 4.68 Å². The average molecular weight is 473 g/mol. The molecular weight excluding hydrogens is 438 g/mol. The monoisotopic (exact) mass is 472 g/mol. The summed E-state index contributed by atoms with van der Waals surface area (Å²) in [7, 11) is 0. The Kier molecular flexibility index (Phi) is 7.25. The van der Waals surface area contributed by atoms with Crippen molar-refractivity contribution in [2.24, 2.45) is 16.8 Å². The third kappa shape index (κ3) is 5.43. The van der Waals surface area contributed by atoms with Crippen LogP contribution in [0.3, 0.4) is 0 Å². The van der Waals surface area contributed by atoms with Crippen molar-refractivity contribution in [2.45, 2.75) is 64.5 Å². The number of hydrogen-bond donors (Lipinski definition) is 4. The standard InChI is InChI=1S/C24H34F2N8/c1-4-34-20(8-12-30-34)16(3)31-22(17-5-9-24(25,26)10-6-17)19-14-29-23(32-19)33-21(15(2)27)18-7-11-28-13-18/h8,12,14,17-18,22,27-28,31H,3-7,9-11,13H2,1-2H3,(H,29,32)/b27-15?,33-21+. The summed E-state index contributed by atoms with van der Waals surface area (Å²) >= 11 is 0. The van der Waals surface area contributed by atoms with E-state index in [0.717, 1.165) is 36.6 Å². The van der Waals surface area contributed by atoms with Crippen molar-refractivity contribution in [3.8, 4) is 0 Å². The van der Waals surface area contributed by atoms with Crippen LogP contribution < -0.4 is 10.6 Å². The van der Waals surface area contributed by atoms with Crippen LogP contribution in [0.4, 0.5) is 14.7 Å². The number of alkyl halides is 2. The number of hydrogen-bond acceptors (Lipinski definition) is 6. The van der Waals surface area contributed by atoms with Gasteiger partial charge in [-0.05, 0) is 51.6 Å². The molecule has 1 aliphatic heterocycles. The molecule has 8 nitrogen and oxygen atoms in total. The molecular formula is C24H34F2N8. The first-order valence-electron chi connectivity index (χ1n) is 12.0. The lowest BCUT2D eigenvalue weighted by Gasteiger charge is -2.34. The van der Waals surface area contributed by atoms with Crippen molar-refractivity contribution in [2.75, 3.05) is 13.1 Å². The summed E-state index contributed by atoms with van der Waals surface area (Å²) in [5.41, 5.74) is 3.49. The number of aromatic nitrogens is 4. The maximum Gasteiger partial charge on any atom is 0.248 e. The molecule has 2 aliphatic rings. The molecule has 4 N–H and O–H groups in total. The molecule has 3 heterocycles. The lowest BCUT2D eigenvalue weighted by molar-refractivity contribution is -0.0493. The minimum Gasteiger partial charge on any atom is -0.375 e. The van der Waals surface area contributed by atoms with Crippen molar-refractivity contribution in [3.05, 3.63) is 36.4 Å². The molecule has 2 atom stereocenters. The molecule has 2 aromatic rings. The molecule has 0 spiro atoms. The number of aryl methyl sites for hydroxylation is 1. The van der Waals surface area contributed by atoms with Crippen molar-refractivity contribution in [3.63, 3.8) is 0 Å². The Bertz CT molecular complexity index is 1040. The van der Waals surface area contributed by atoms with Crippen LogP contribution in [-0.4, -0.2) is 50.2 Å². The van der Waals surface area contributed by atoms with Crippen LogP contribution in [-0.2, 0) is 6.54 Å². The summed E-state index contributed by atoms with van der Waals surface area (Å²) in [5.74, 6) is -1.99. The molecule has 10 heteroatoms. The van der Waals surface area contributed by atoms with Gasteiger partial charge in [-0.1, -0.05) is 6.58 Å². The number of aromatic amines is 1. The second-order valence-corrected chi connectivity index (χ2v) is 9.30. The minimum absolute atomic E-state index is 0.00497. The Hall–Kier alpha value is -2.88. The fourth-order valence-electron chi connectivity index (χ4n) is 4.97. The van der Waals surface area contributed by atoms with E-state index >= 15 is 0 Å². The predicted octanol–water partition coefficient (Wildman–Crippen LogP) is 4.47. The Morgan fingerprint density at radius 2 is 2.15 bits per heavy atom. The van der Waals surface area contributed by atoms with Crippen LogP contribution in [0.5, 0.6) is 0 Å². The van der Waals surface area contributed by atoms with Crippen LogP contribution >= 0.6 is 0 Å². The molecule has 184 valence electrons. The van der Waals surface area contributed by atoms with Gasteiger partial charge in [0.2, 0.25) is 11.9 Å². The Balaban J connectivity index is 1.60. The highest BCUT2D eigenvalue weighted by molar-refractivity contribution is 6.41. The predicted molar refractivity (Wildman–Crippen MR) is 130 cm³/mol. The largest absolute Gasteiger partial charge is 0.375 e. The Morgan fingerprint density at radius 1 is 1.38 bits per heavy atom. The van der Waals surface area contributed by atoms with Gasteiger partial charge in [-0.15, -0.1) is 0 Å². The SMILES string of the molecule is C=C(NC(c1cnc(/N=C(\C(C)=N)C2CCNC2)[nH]1)C1CCC(F)(F)CC1)c1ccnn1CC. The first-order valence-corrected chi connectivity index (χ1v) is 12.0. The van der Waals surface area contributed by atoms with Crippen molar-refractivity contribution < 1.29 is 8.78 Å². The molecule has 1 saturated carbocycles. The lowest BCUT2D eigenvalue weighted by atomic mass is 9.81. The minimum atomic E-state index is -2.60. The second-order valence-electron chi connectivity index (χ2n) is 9.30. The zero-order valence-corrected chi connectivity index (χ0v) is 19.9. The van der Waals surface area contributed by atoms with Crippen molar-refractivity contribution in [1.82, 2.24) is 30.4 Å². The normalized spacial score (nSPS) is 22.0. The van der Waals surface area contributed by atoms with E-state index in [1.165, 1.54) is 0 Å². The summed E-state index contributed by atoms with van der Waals surface area (Å²) in [6, 6.07) is 1.63. The molecule has 1 aliphatic carbocycles. The molecule has 4 rings (SSSR count). The maximum atomic E-state index is 13.9. The number of aliphatic imine (C=N–C) groups is 1. The van der Waals surface area contributed by atoms with Crippen molar-refractivity contribution in [1.29, 1.82) is 5.41 Å². The highest BCUT2D eigenvalue weighted by atomic mass is 19.3. The third-order valence-corrected chi connectivity index (χ3v) is 6.86. The van der Waals surface area contributed by atoms with E-state index in [2.05, 4.69) is 37.3 Å². The fourth-order valence-corrected chi connectivity index (χ4v) is 4.97. The number of halogens is 2. The van der Waals surface area contributed by atoms with Gasteiger partial charge in [-0.25, -0.2) is 18.8 Å². The second kappa shape index (κ2) is 10.2. The van der Waals surface area contributed by atoms with E-state index in [1.54, 1.807) is 19.3 Å². The summed E-state index contributed by atoms with van der Waals surface area (Å²) in [4.78, 5) is 12.4. The highest BCUT2D eigenvalue weighted by Crippen LogP contribution is 2.42. The molecule has 0 bridgehead atoms. The van der Waals surface area contributed by atoms with Gasteiger partial charge in [0.15, 0.2) is 0 Å². The van der Waals surface area contributed by atoms with Gasteiger partial charge in [0, 0.05) is 38.0 Å². The van der Waals surface area contributed by atoms with Crippen LogP contribution in [0, 0.1) is 17.2 Å². The van der Waals surface area contributed by atoms with E-state index in [0.29, 0.717) is 36.7 Å². The number of rotatable bonds is 9. The third-order valence-electron chi connectivity index (χ3n) is 6.86. The molecule has 0 amide bonds. The molecule has 1 saturated heterocycles. The number of nitrogens with zero attached hydrogens (tertiary/aromatic N) is 4. The topological polar surface area (TPSA) is 107 Å². The zero-order valence-electron chi connectivity index (χ0n) is 19.9. The van der Waals surface area contributed by atoms with E-state index in [4.69, 9.17) is 5.41 Å². The molecule has 0 radical (unpaired) electrons. The summed E-state index contributed by atoms with van der Waals surface area (Å²) in [6.07, 6.45) is 4.94. The lowest BCUT2D eigenvalue weighted by Crippen LogP contribution is -2.34. The number of H-pyrrole nitrogens is 1. The van der Waals surface area contributed by atoms with Gasteiger partial charge >= 0.3 is 0 Å². The van der Waals surface area contributed by atoms with E-state index in [-0.39, 0.29) is 30.7 Å². The van der Waals surface area contributed by atoms with E-state index in [9.17, 15) is 8.78 Å². The van der Waals surface area contributed by atoms with Gasteiger partial charge in [-0.2, -0.15) is 5.10 Å². The van der Waals surface area contributed by atoms with Crippen LogP contribution in [0.2, 0.25) is 0 Å². The molecule has 2 unspecified atom stereocenters. The highest BCUT2D eigenvalue weighted by Gasteiger charge is 2.39. The van der Waals surface area contributed by atoms with Gasteiger partial charge in [0.25, 0.3) is 0 Å². The summed E-state index contributed by atoms with van der Waals surface area (Å²) in [6.45, 7) is 10.4.